The maximum absolute atomic E-state index is 12.7. The number of rotatable bonds is 7. The number of hydrogen-bond acceptors (Lipinski definition) is 6. The average Bonchev–Trinajstić information content (AvgIpc) is 3.07. The van der Waals surface area contributed by atoms with Gasteiger partial charge in [-0.05, 0) is 29.8 Å². The molecule has 0 N–H and O–H groups in total. The molecule has 0 bridgehead atoms. The highest BCUT2D eigenvalue weighted by Gasteiger charge is 2.35. The van der Waals surface area contributed by atoms with Crippen molar-refractivity contribution in [3.63, 3.8) is 0 Å². The van der Waals surface area contributed by atoms with Crippen LogP contribution in [0.3, 0.4) is 0 Å². The van der Waals surface area contributed by atoms with Gasteiger partial charge in [0.2, 0.25) is 0 Å². The zero-order valence-corrected chi connectivity index (χ0v) is 17.2. The second-order valence-electron chi connectivity index (χ2n) is 7.14. The van der Waals surface area contributed by atoms with E-state index in [4.69, 9.17) is 9.47 Å². The summed E-state index contributed by atoms with van der Waals surface area (Å²) in [5.41, 5.74) is 1.78. The molecule has 32 heavy (non-hydrogen) atoms. The number of amides is 2. The minimum Gasteiger partial charge on any atom is -0.496 e. The number of ketones is 1. The topological polar surface area (TPSA) is 90.0 Å². The van der Waals surface area contributed by atoms with Crippen LogP contribution in [0.15, 0.2) is 72.8 Å². The SMILES string of the molecule is COc1ccc(CN2C(=O)c3ccccc3C2=O)cc1C(=O)OCC(=O)c1ccccc1. The lowest BCUT2D eigenvalue weighted by Crippen LogP contribution is -2.29. The zero-order valence-electron chi connectivity index (χ0n) is 17.2. The molecule has 0 saturated heterocycles. The number of methoxy groups -OCH3 is 1. The van der Waals surface area contributed by atoms with Crippen molar-refractivity contribution in [2.24, 2.45) is 0 Å². The van der Waals surface area contributed by atoms with E-state index in [-0.39, 0.29) is 35.5 Å². The molecule has 0 aliphatic carbocycles. The van der Waals surface area contributed by atoms with Gasteiger partial charge in [-0.1, -0.05) is 48.5 Å². The summed E-state index contributed by atoms with van der Waals surface area (Å²) in [6.45, 7) is -0.436. The van der Waals surface area contributed by atoms with Crippen LogP contribution in [0.2, 0.25) is 0 Å². The predicted octanol–water partition coefficient (Wildman–Crippen LogP) is 3.53. The van der Waals surface area contributed by atoms with Crippen LogP contribution in [-0.2, 0) is 11.3 Å². The third-order valence-corrected chi connectivity index (χ3v) is 5.13. The first-order valence-corrected chi connectivity index (χ1v) is 9.87. The van der Waals surface area contributed by atoms with Crippen molar-refractivity contribution in [1.29, 1.82) is 0 Å². The number of carbonyl (C=O) groups excluding carboxylic acids is 4. The molecule has 1 aliphatic heterocycles. The van der Waals surface area contributed by atoms with Crippen molar-refractivity contribution < 1.29 is 28.7 Å². The maximum atomic E-state index is 12.7. The molecule has 0 radical (unpaired) electrons. The lowest BCUT2D eigenvalue weighted by molar-refractivity contribution is 0.0471. The maximum Gasteiger partial charge on any atom is 0.342 e. The molecule has 160 valence electrons. The summed E-state index contributed by atoms with van der Waals surface area (Å²) in [6.07, 6.45) is 0. The quantitative estimate of drug-likeness (QED) is 0.324. The van der Waals surface area contributed by atoms with E-state index in [2.05, 4.69) is 0 Å². The molecule has 2 amide bonds. The Hall–Kier alpha value is -4.26. The third kappa shape index (κ3) is 4.00. The molecule has 1 aliphatic rings. The molecule has 0 fully saturated rings. The lowest BCUT2D eigenvalue weighted by Gasteiger charge is -2.16. The number of carbonyl (C=O) groups is 4. The molecule has 7 nitrogen and oxygen atoms in total. The summed E-state index contributed by atoms with van der Waals surface area (Å²) in [6, 6.07) is 19.8. The van der Waals surface area contributed by atoms with Crippen LogP contribution in [0.5, 0.6) is 5.75 Å². The number of esters is 1. The van der Waals surface area contributed by atoms with Gasteiger partial charge in [0, 0.05) is 5.56 Å². The van der Waals surface area contributed by atoms with Gasteiger partial charge < -0.3 is 9.47 Å². The first-order chi connectivity index (χ1) is 15.5. The number of benzene rings is 3. The zero-order chi connectivity index (χ0) is 22.7. The van der Waals surface area contributed by atoms with Crippen LogP contribution in [0.25, 0.3) is 0 Å². The Morgan fingerprint density at radius 2 is 1.47 bits per heavy atom. The smallest absolute Gasteiger partial charge is 0.342 e. The van der Waals surface area contributed by atoms with Gasteiger partial charge in [-0.25, -0.2) is 4.79 Å². The largest absolute Gasteiger partial charge is 0.496 e. The summed E-state index contributed by atoms with van der Waals surface area (Å²) in [4.78, 5) is 51.2. The summed E-state index contributed by atoms with van der Waals surface area (Å²) < 4.78 is 10.4. The van der Waals surface area contributed by atoms with Crippen LogP contribution < -0.4 is 4.74 Å². The monoisotopic (exact) mass is 429 g/mol. The minimum absolute atomic E-state index is 0.0143. The fourth-order valence-electron chi connectivity index (χ4n) is 3.49. The number of Topliss-reactive ketones (excluding diaryl/α,β-unsaturated/α-hetero) is 1. The summed E-state index contributed by atoms with van der Waals surface area (Å²) in [5.74, 6) is -1.60. The normalized spacial score (nSPS) is 12.5. The molecule has 1 heterocycles. The predicted molar refractivity (Wildman–Crippen MR) is 115 cm³/mol. The lowest BCUT2D eigenvalue weighted by atomic mass is 10.1. The Labute approximate surface area is 184 Å². The molecule has 7 heteroatoms. The molecular weight excluding hydrogens is 410 g/mol. The number of imide groups is 1. The van der Waals surface area contributed by atoms with E-state index in [0.717, 1.165) is 4.90 Å². The van der Waals surface area contributed by atoms with Crippen LogP contribution in [0, 0.1) is 0 Å². The fraction of sp³-hybridized carbons (Fsp3) is 0.120. The van der Waals surface area contributed by atoms with Gasteiger partial charge in [-0.3, -0.25) is 19.3 Å². The van der Waals surface area contributed by atoms with Crippen molar-refractivity contribution in [2.75, 3.05) is 13.7 Å². The van der Waals surface area contributed by atoms with E-state index in [0.29, 0.717) is 22.3 Å². The van der Waals surface area contributed by atoms with E-state index in [1.807, 2.05) is 0 Å². The van der Waals surface area contributed by atoms with Crippen LogP contribution in [-0.4, -0.2) is 42.2 Å². The third-order valence-electron chi connectivity index (χ3n) is 5.13. The number of ether oxygens (including phenoxy) is 2. The molecule has 0 aromatic heterocycles. The van der Waals surface area contributed by atoms with Gasteiger partial charge >= 0.3 is 5.97 Å². The first-order valence-electron chi connectivity index (χ1n) is 9.87. The fourth-order valence-corrected chi connectivity index (χ4v) is 3.49. The van der Waals surface area contributed by atoms with Gasteiger partial charge in [0.1, 0.15) is 11.3 Å². The van der Waals surface area contributed by atoms with E-state index in [1.165, 1.54) is 13.2 Å². The highest BCUT2D eigenvalue weighted by atomic mass is 16.5. The standard InChI is InChI=1S/C25H19NO6/c1-31-22-12-11-16(14-26-23(28)18-9-5-6-10-19(18)24(26)29)13-20(22)25(30)32-15-21(27)17-7-3-2-4-8-17/h2-13H,14-15H2,1H3. The second-order valence-corrected chi connectivity index (χ2v) is 7.14. The molecule has 3 aromatic rings. The molecule has 0 atom stereocenters. The molecule has 3 aromatic carbocycles. The van der Waals surface area contributed by atoms with Crippen LogP contribution in [0.1, 0.15) is 47.0 Å². The van der Waals surface area contributed by atoms with Gasteiger partial charge in [0.15, 0.2) is 12.4 Å². The first kappa shape index (κ1) is 21.0. The van der Waals surface area contributed by atoms with Crippen molar-refractivity contribution in [1.82, 2.24) is 4.90 Å². The number of nitrogens with zero attached hydrogens (tertiary/aromatic N) is 1. The van der Waals surface area contributed by atoms with Gasteiger partial charge in [0.25, 0.3) is 11.8 Å². The van der Waals surface area contributed by atoms with E-state index < -0.39 is 12.6 Å². The molecule has 0 unspecified atom stereocenters. The van der Waals surface area contributed by atoms with Crippen LogP contribution >= 0.6 is 0 Å². The summed E-state index contributed by atoms with van der Waals surface area (Å²) >= 11 is 0. The highest BCUT2D eigenvalue weighted by molar-refractivity contribution is 6.21. The van der Waals surface area contributed by atoms with Crippen molar-refractivity contribution in [2.45, 2.75) is 6.54 Å². The Morgan fingerprint density at radius 1 is 0.844 bits per heavy atom. The van der Waals surface area contributed by atoms with E-state index >= 15 is 0 Å². The van der Waals surface area contributed by atoms with Crippen molar-refractivity contribution in [3.05, 3.63) is 101 Å². The molecular formula is C25H19NO6. The molecule has 0 saturated carbocycles. The minimum atomic E-state index is -0.740. The average molecular weight is 429 g/mol. The van der Waals surface area contributed by atoms with Crippen molar-refractivity contribution >= 4 is 23.6 Å². The summed E-state index contributed by atoms with van der Waals surface area (Å²) in [5, 5.41) is 0. The van der Waals surface area contributed by atoms with Gasteiger partial charge in [-0.2, -0.15) is 0 Å². The Balaban J connectivity index is 1.50. The molecule has 4 rings (SSSR count). The molecule has 0 spiro atoms. The number of fused-ring (bicyclic) bond motifs is 1. The van der Waals surface area contributed by atoms with E-state index in [9.17, 15) is 19.2 Å². The Bertz CT molecular complexity index is 1180. The highest BCUT2D eigenvalue weighted by Crippen LogP contribution is 2.26. The Kier molecular flexibility index (Phi) is 5.81. The van der Waals surface area contributed by atoms with Gasteiger partial charge in [-0.15, -0.1) is 0 Å². The van der Waals surface area contributed by atoms with E-state index in [1.54, 1.807) is 66.7 Å². The summed E-state index contributed by atoms with van der Waals surface area (Å²) in [7, 11) is 1.41. The van der Waals surface area contributed by atoms with Crippen molar-refractivity contribution in [3.8, 4) is 5.75 Å². The second kappa shape index (κ2) is 8.85. The van der Waals surface area contributed by atoms with Gasteiger partial charge in [0.05, 0.1) is 24.8 Å². The number of hydrogen-bond donors (Lipinski definition) is 0. The Morgan fingerprint density at radius 3 is 2.09 bits per heavy atom. The van der Waals surface area contributed by atoms with Crippen LogP contribution in [0.4, 0.5) is 0 Å².